The van der Waals surface area contributed by atoms with E-state index in [-0.39, 0.29) is 5.91 Å². The minimum Gasteiger partial charge on any atom is -0.493 e. The standard InChI is InChI=1S/C20H29N5O3/c1-4-5-6-7-18(26)24-8-10-25(11-9-24)20-22-15-13-17(28-3)16(27-2)12-14(15)19(21)23-20/h12-13H,4-11H2,1-3H3,(H2,21,22,23). The molecule has 0 bridgehead atoms. The monoisotopic (exact) mass is 387 g/mol. The van der Waals surface area contributed by atoms with Crippen LogP contribution >= 0.6 is 0 Å². The van der Waals surface area contributed by atoms with Gasteiger partial charge in [-0.25, -0.2) is 4.98 Å². The summed E-state index contributed by atoms with van der Waals surface area (Å²) in [5.74, 6) is 2.41. The van der Waals surface area contributed by atoms with Gasteiger partial charge in [-0.3, -0.25) is 4.79 Å². The van der Waals surface area contributed by atoms with Gasteiger partial charge in [0.2, 0.25) is 11.9 Å². The highest BCUT2D eigenvalue weighted by Gasteiger charge is 2.23. The Labute approximate surface area is 165 Å². The number of carbonyl (C=O) groups excluding carboxylic acids is 1. The van der Waals surface area contributed by atoms with E-state index in [9.17, 15) is 4.79 Å². The quantitative estimate of drug-likeness (QED) is 0.729. The van der Waals surface area contributed by atoms with Crippen LogP contribution in [0.5, 0.6) is 11.5 Å². The second-order valence-corrected chi connectivity index (χ2v) is 6.96. The predicted octanol–water partition coefficient (Wildman–Crippen LogP) is 2.46. The molecule has 8 nitrogen and oxygen atoms in total. The Bertz CT molecular complexity index is 834. The molecular formula is C20H29N5O3. The molecule has 0 aliphatic carbocycles. The van der Waals surface area contributed by atoms with Gasteiger partial charge in [-0.2, -0.15) is 4.98 Å². The van der Waals surface area contributed by atoms with Crippen molar-refractivity contribution in [3.8, 4) is 11.5 Å². The first-order valence-electron chi connectivity index (χ1n) is 9.79. The number of amides is 1. The molecule has 1 aromatic carbocycles. The van der Waals surface area contributed by atoms with Gasteiger partial charge in [0.1, 0.15) is 5.82 Å². The normalized spacial score (nSPS) is 14.4. The van der Waals surface area contributed by atoms with Crippen molar-refractivity contribution in [2.75, 3.05) is 51.0 Å². The van der Waals surface area contributed by atoms with Crippen LogP contribution in [-0.4, -0.2) is 61.2 Å². The van der Waals surface area contributed by atoms with Crippen LogP contribution in [0.1, 0.15) is 32.6 Å². The van der Waals surface area contributed by atoms with Gasteiger partial charge in [0.15, 0.2) is 11.5 Å². The van der Waals surface area contributed by atoms with E-state index < -0.39 is 0 Å². The van der Waals surface area contributed by atoms with Crippen molar-refractivity contribution in [2.45, 2.75) is 32.6 Å². The van der Waals surface area contributed by atoms with Gasteiger partial charge in [-0.15, -0.1) is 0 Å². The first-order chi connectivity index (χ1) is 13.6. The van der Waals surface area contributed by atoms with E-state index in [1.54, 1.807) is 20.3 Å². The number of rotatable bonds is 7. The Balaban J connectivity index is 1.73. The van der Waals surface area contributed by atoms with E-state index in [4.69, 9.17) is 15.2 Å². The molecule has 2 heterocycles. The fourth-order valence-electron chi connectivity index (χ4n) is 3.45. The molecule has 1 fully saturated rings. The number of nitrogens with two attached hydrogens (primary N) is 1. The van der Waals surface area contributed by atoms with Crippen LogP contribution < -0.4 is 20.1 Å². The fourth-order valence-corrected chi connectivity index (χ4v) is 3.45. The molecule has 2 aromatic rings. The number of methoxy groups -OCH3 is 2. The molecule has 152 valence electrons. The highest BCUT2D eigenvalue weighted by molar-refractivity contribution is 5.91. The zero-order valence-corrected chi connectivity index (χ0v) is 16.9. The number of hydrogen-bond acceptors (Lipinski definition) is 7. The lowest BCUT2D eigenvalue weighted by Crippen LogP contribution is -2.49. The predicted molar refractivity (Wildman–Crippen MR) is 110 cm³/mol. The minimum absolute atomic E-state index is 0.240. The fraction of sp³-hybridized carbons (Fsp3) is 0.550. The molecule has 1 saturated heterocycles. The van der Waals surface area contributed by atoms with Crippen molar-refractivity contribution in [2.24, 2.45) is 0 Å². The Kier molecular flexibility index (Phi) is 6.38. The van der Waals surface area contributed by atoms with Gasteiger partial charge in [-0.1, -0.05) is 19.8 Å². The summed E-state index contributed by atoms with van der Waals surface area (Å²) in [6.07, 6.45) is 3.82. The maximum absolute atomic E-state index is 12.3. The largest absolute Gasteiger partial charge is 0.493 e. The van der Waals surface area contributed by atoms with Crippen molar-refractivity contribution in [1.29, 1.82) is 0 Å². The highest BCUT2D eigenvalue weighted by Crippen LogP contribution is 2.34. The van der Waals surface area contributed by atoms with Crippen molar-refractivity contribution >= 4 is 28.6 Å². The van der Waals surface area contributed by atoms with Gasteiger partial charge < -0.3 is 25.0 Å². The molecule has 1 aromatic heterocycles. The summed E-state index contributed by atoms with van der Waals surface area (Å²) in [4.78, 5) is 25.5. The lowest BCUT2D eigenvalue weighted by Gasteiger charge is -2.35. The minimum atomic E-state index is 0.240. The number of hydrogen-bond donors (Lipinski definition) is 1. The van der Waals surface area contributed by atoms with Gasteiger partial charge in [0.25, 0.3) is 0 Å². The number of unbranched alkanes of at least 4 members (excludes halogenated alkanes) is 2. The van der Waals surface area contributed by atoms with Gasteiger partial charge >= 0.3 is 0 Å². The van der Waals surface area contributed by atoms with Crippen LogP contribution in [0, 0.1) is 0 Å². The Morgan fingerprint density at radius 3 is 2.39 bits per heavy atom. The van der Waals surface area contributed by atoms with Crippen LogP contribution in [0.4, 0.5) is 11.8 Å². The van der Waals surface area contributed by atoms with Crippen LogP contribution in [0.3, 0.4) is 0 Å². The van der Waals surface area contributed by atoms with E-state index in [2.05, 4.69) is 21.8 Å². The molecule has 1 amide bonds. The third kappa shape index (κ3) is 4.21. The Morgan fingerprint density at radius 2 is 1.75 bits per heavy atom. The zero-order chi connectivity index (χ0) is 20.1. The lowest BCUT2D eigenvalue weighted by atomic mass is 10.2. The molecule has 28 heavy (non-hydrogen) atoms. The number of ether oxygens (including phenoxy) is 2. The summed E-state index contributed by atoms with van der Waals surface area (Å²) in [6, 6.07) is 3.60. The zero-order valence-electron chi connectivity index (χ0n) is 16.9. The molecule has 2 N–H and O–H groups in total. The number of anilines is 2. The number of carbonyl (C=O) groups is 1. The summed E-state index contributed by atoms with van der Waals surface area (Å²) in [7, 11) is 3.17. The third-order valence-electron chi connectivity index (χ3n) is 5.13. The molecule has 3 rings (SSSR count). The van der Waals surface area contributed by atoms with Crippen molar-refractivity contribution in [1.82, 2.24) is 14.9 Å². The highest BCUT2D eigenvalue weighted by atomic mass is 16.5. The molecule has 1 aliphatic rings. The summed E-state index contributed by atoms with van der Waals surface area (Å²) >= 11 is 0. The van der Waals surface area contributed by atoms with Gasteiger partial charge in [-0.05, 0) is 12.5 Å². The second kappa shape index (κ2) is 8.95. The number of piperazine rings is 1. The van der Waals surface area contributed by atoms with E-state index in [1.165, 1.54) is 0 Å². The lowest BCUT2D eigenvalue weighted by molar-refractivity contribution is -0.131. The summed E-state index contributed by atoms with van der Waals surface area (Å²) in [5, 5.41) is 0.728. The van der Waals surface area contributed by atoms with Gasteiger partial charge in [0, 0.05) is 44.1 Å². The average molecular weight is 387 g/mol. The van der Waals surface area contributed by atoms with Crippen LogP contribution in [0.15, 0.2) is 12.1 Å². The molecule has 0 radical (unpaired) electrons. The molecule has 0 spiro atoms. The number of nitrogen functional groups attached to an aromatic ring is 1. The Hall–Kier alpha value is -2.77. The van der Waals surface area contributed by atoms with Crippen LogP contribution in [0.25, 0.3) is 10.9 Å². The van der Waals surface area contributed by atoms with E-state index in [0.717, 1.165) is 24.6 Å². The van der Waals surface area contributed by atoms with Crippen LogP contribution in [0.2, 0.25) is 0 Å². The Morgan fingerprint density at radius 1 is 1.07 bits per heavy atom. The van der Waals surface area contributed by atoms with Crippen LogP contribution in [-0.2, 0) is 4.79 Å². The summed E-state index contributed by atoms with van der Waals surface area (Å²) in [5.41, 5.74) is 6.89. The first-order valence-corrected chi connectivity index (χ1v) is 9.79. The average Bonchev–Trinajstić information content (AvgIpc) is 2.73. The number of nitrogens with zero attached hydrogens (tertiary/aromatic N) is 4. The molecule has 0 saturated carbocycles. The van der Waals surface area contributed by atoms with Crippen molar-refractivity contribution < 1.29 is 14.3 Å². The van der Waals surface area contributed by atoms with E-state index in [0.29, 0.717) is 61.4 Å². The SMILES string of the molecule is CCCCCC(=O)N1CCN(c2nc(N)c3cc(OC)c(OC)cc3n2)CC1. The molecular weight excluding hydrogens is 358 g/mol. The maximum atomic E-state index is 12.3. The van der Waals surface area contributed by atoms with E-state index >= 15 is 0 Å². The molecule has 0 unspecified atom stereocenters. The molecule has 1 aliphatic heterocycles. The second-order valence-electron chi connectivity index (χ2n) is 6.96. The molecule has 8 heteroatoms. The number of benzene rings is 1. The topological polar surface area (TPSA) is 93.8 Å². The summed E-state index contributed by atoms with van der Waals surface area (Å²) in [6.45, 7) is 4.88. The molecule has 0 atom stereocenters. The third-order valence-corrected chi connectivity index (χ3v) is 5.13. The van der Waals surface area contributed by atoms with E-state index in [1.807, 2.05) is 11.0 Å². The summed E-state index contributed by atoms with van der Waals surface area (Å²) < 4.78 is 10.7. The number of fused-ring (bicyclic) bond motifs is 1. The number of aromatic nitrogens is 2. The maximum Gasteiger partial charge on any atom is 0.228 e. The van der Waals surface area contributed by atoms with Crippen molar-refractivity contribution in [3.63, 3.8) is 0 Å². The van der Waals surface area contributed by atoms with Gasteiger partial charge in [0.05, 0.1) is 19.7 Å². The first kappa shape index (κ1) is 20.0. The van der Waals surface area contributed by atoms with Crippen molar-refractivity contribution in [3.05, 3.63) is 12.1 Å². The smallest absolute Gasteiger partial charge is 0.228 e.